The highest BCUT2D eigenvalue weighted by Crippen LogP contribution is 2.24. The lowest BCUT2D eigenvalue weighted by atomic mass is 9.93. The summed E-state index contributed by atoms with van der Waals surface area (Å²) < 4.78 is 23.3. The number of hydrogen-bond donors (Lipinski definition) is 2. The van der Waals surface area contributed by atoms with E-state index < -0.39 is 36.0 Å². The fourth-order valence-corrected chi connectivity index (χ4v) is 7.22. The highest BCUT2D eigenvalue weighted by molar-refractivity contribution is 5.96. The van der Waals surface area contributed by atoms with E-state index in [1.807, 2.05) is 6.07 Å². The van der Waals surface area contributed by atoms with E-state index in [2.05, 4.69) is 20.6 Å². The first-order valence-electron chi connectivity index (χ1n) is 20.1. The van der Waals surface area contributed by atoms with Crippen molar-refractivity contribution in [1.29, 1.82) is 0 Å². The second-order valence-electron chi connectivity index (χ2n) is 14.5. The molecule has 0 spiro atoms. The van der Waals surface area contributed by atoms with Crippen LogP contribution in [0.5, 0.6) is 5.88 Å². The molecule has 6 rings (SSSR count). The molecule has 57 heavy (non-hydrogen) atoms. The first kappa shape index (κ1) is 41.4. The maximum Gasteiger partial charge on any atom is 0.409 e. The van der Waals surface area contributed by atoms with E-state index in [9.17, 15) is 28.8 Å². The summed E-state index contributed by atoms with van der Waals surface area (Å²) >= 11 is 0. The lowest BCUT2D eigenvalue weighted by molar-refractivity contribution is -0.145. The van der Waals surface area contributed by atoms with Gasteiger partial charge in [0.25, 0.3) is 11.8 Å². The minimum Gasteiger partial charge on any atom is -0.467 e. The van der Waals surface area contributed by atoms with Crippen LogP contribution in [0, 0.1) is 0 Å². The average Bonchev–Trinajstić information content (AvgIpc) is 3.89. The van der Waals surface area contributed by atoms with Crippen LogP contribution in [0.1, 0.15) is 62.4 Å². The van der Waals surface area contributed by atoms with Crippen LogP contribution in [0.25, 0.3) is 5.69 Å². The molecule has 18 heteroatoms. The predicted octanol–water partition coefficient (Wildman–Crippen LogP) is 0.966. The van der Waals surface area contributed by atoms with Crippen molar-refractivity contribution in [3.05, 3.63) is 42.1 Å². The number of hydrogen-bond acceptors (Lipinski definition) is 12. The van der Waals surface area contributed by atoms with Gasteiger partial charge >= 0.3 is 12.1 Å². The fourth-order valence-electron chi connectivity index (χ4n) is 7.22. The Morgan fingerprint density at radius 1 is 0.895 bits per heavy atom. The molecular formula is C39H54N8O10. The van der Waals surface area contributed by atoms with Gasteiger partial charge in [0.05, 0.1) is 25.5 Å². The van der Waals surface area contributed by atoms with E-state index in [1.165, 1.54) is 15.6 Å². The van der Waals surface area contributed by atoms with E-state index in [0.29, 0.717) is 44.8 Å². The molecule has 1 aromatic carbocycles. The maximum absolute atomic E-state index is 13.9. The Morgan fingerprint density at radius 3 is 2.33 bits per heavy atom. The summed E-state index contributed by atoms with van der Waals surface area (Å²) in [7, 11) is 0. The van der Waals surface area contributed by atoms with Crippen molar-refractivity contribution in [2.45, 2.75) is 70.0 Å². The van der Waals surface area contributed by atoms with Crippen molar-refractivity contribution in [3.8, 4) is 11.6 Å². The number of esters is 1. The fraction of sp³-hybridized carbons (Fsp3) is 0.615. The molecule has 0 radical (unpaired) electrons. The normalized spacial score (nSPS) is 19.3. The molecule has 4 aliphatic rings. The van der Waals surface area contributed by atoms with Crippen LogP contribution in [0.2, 0.25) is 0 Å². The number of morpholine rings is 1. The zero-order valence-electron chi connectivity index (χ0n) is 32.6. The molecule has 3 aliphatic heterocycles. The van der Waals surface area contributed by atoms with Gasteiger partial charge in [-0.1, -0.05) is 18.2 Å². The summed E-state index contributed by atoms with van der Waals surface area (Å²) in [5.41, 5.74) is 0.475. The monoisotopic (exact) mass is 794 g/mol. The Hall–Kier alpha value is -5.23. The molecule has 0 bridgehead atoms. The highest BCUT2D eigenvalue weighted by atomic mass is 16.6. The number of aromatic nitrogens is 2. The number of piperazine rings is 1. The largest absolute Gasteiger partial charge is 0.467 e. The Kier molecular flexibility index (Phi) is 14.7. The number of benzene rings is 1. The van der Waals surface area contributed by atoms with E-state index in [1.54, 1.807) is 41.0 Å². The van der Waals surface area contributed by atoms with Crippen molar-refractivity contribution >= 4 is 35.7 Å². The number of carbonyl (C=O) groups is 6. The second kappa shape index (κ2) is 20.3. The minimum absolute atomic E-state index is 0.0400. The molecule has 2 N–H and O–H groups in total. The number of amides is 5. The molecule has 1 aliphatic carbocycles. The van der Waals surface area contributed by atoms with E-state index in [-0.39, 0.29) is 88.3 Å². The third kappa shape index (κ3) is 11.2. The van der Waals surface area contributed by atoms with Crippen molar-refractivity contribution in [2.75, 3.05) is 85.4 Å². The topological polar surface area (TPSA) is 194 Å². The van der Waals surface area contributed by atoms with Crippen LogP contribution in [-0.4, -0.2) is 169 Å². The van der Waals surface area contributed by atoms with Crippen LogP contribution in [0.15, 0.2) is 36.4 Å². The van der Waals surface area contributed by atoms with Gasteiger partial charge in [0, 0.05) is 70.9 Å². The number of rotatable bonds is 16. The summed E-state index contributed by atoms with van der Waals surface area (Å²) in [6.07, 6.45) is 3.61. The number of likely N-dealkylation sites (tertiary alicyclic amines) is 1. The minimum atomic E-state index is -1.12. The van der Waals surface area contributed by atoms with Gasteiger partial charge in [0.15, 0.2) is 12.3 Å². The van der Waals surface area contributed by atoms with E-state index >= 15 is 0 Å². The average molecular weight is 795 g/mol. The molecule has 1 saturated carbocycles. The summed E-state index contributed by atoms with van der Waals surface area (Å²) in [4.78, 5) is 86.1. The number of ether oxygens (including phenoxy) is 4. The zero-order chi connectivity index (χ0) is 40.1. The first-order valence-corrected chi connectivity index (χ1v) is 20.1. The molecule has 0 unspecified atom stereocenters. The van der Waals surface area contributed by atoms with Crippen molar-refractivity contribution < 1.29 is 47.7 Å². The SMILES string of the molecule is CCOC(=O)N1CCN(C(=O)[C@H](CCC(=O)OCCN2CCOCC2)NC(=O)c2cc(OCC(=O)N3CCC[C@H]3C(=O)NC3CCC3)n(-c3ccccc3)n2)CC1. The van der Waals surface area contributed by atoms with Gasteiger partial charge in [0.1, 0.15) is 18.7 Å². The summed E-state index contributed by atoms with van der Waals surface area (Å²) in [6.45, 7) is 6.43. The zero-order valence-corrected chi connectivity index (χ0v) is 32.6. The molecule has 5 amide bonds. The van der Waals surface area contributed by atoms with Crippen LogP contribution in [0.3, 0.4) is 0 Å². The van der Waals surface area contributed by atoms with Gasteiger partial charge in [-0.05, 0) is 57.6 Å². The standard InChI is InChI=1S/C39H54N8O10/c1-2-55-39(53)45-18-16-44(17-19-45)38(52)30(13-14-35(49)56-25-22-43-20-23-54-24-21-43)41-36(50)31-26-34(47(42-31)29-10-4-3-5-11-29)57-27-33(48)46-15-7-12-32(46)37(51)40-28-8-6-9-28/h3-5,10-11,26,28,30,32H,2,6-9,12-25,27H2,1H3,(H,40,51)(H,41,50)/t30-,32-/m0/s1. The summed E-state index contributed by atoms with van der Waals surface area (Å²) in [5, 5.41) is 10.3. The number of nitrogens with zero attached hydrogens (tertiary/aromatic N) is 6. The van der Waals surface area contributed by atoms with Crippen LogP contribution < -0.4 is 15.4 Å². The van der Waals surface area contributed by atoms with Crippen molar-refractivity contribution in [3.63, 3.8) is 0 Å². The number of nitrogens with one attached hydrogen (secondary N) is 2. The Bertz CT molecular complexity index is 1710. The molecular weight excluding hydrogens is 740 g/mol. The molecule has 3 saturated heterocycles. The lowest BCUT2D eigenvalue weighted by Gasteiger charge is -2.35. The predicted molar refractivity (Wildman–Crippen MR) is 203 cm³/mol. The van der Waals surface area contributed by atoms with Gasteiger partial charge in [-0.2, -0.15) is 5.10 Å². The van der Waals surface area contributed by atoms with E-state index in [4.69, 9.17) is 18.9 Å². The summed E-state index contributed by atoms with van der Waals surface area (Å²) in [6, 6.07) is 8.79. The Labute approximate surface area is 332 Å². The third-order valence-corrected chi connectivity index (χ3v) is 10.7. The number of carbonyl (C=O) groups excluding carboxylic acids is 6. The quantitative estimate of drug-likeness (QED) is 0.229. The molecule has 1 aromatic heterocycles. The van der Waals surface area contributed by atoms with Crippen LogP contribution in [0.4, 0.5) is 4.79 Å². The molecule has 4 heterocycles. The molecule has 2 atom stereocenters. The van der Waals surface area contributed by atoms with Gasteiger partial charge in [-0.3, -0.25) is 28.9 Å². The molecule has 4 fully saturated rings. The van der Waals surface area contributed by atoms with Crippen LogP contribution >= 0.6 is 0 Å². The van der Waals surface area contributed by atoms with Gasteiger partial charge in [-0.25, -0.2) is 9.48 Å². The number of para-hydroxylation sites is 1. The van der Waals surface area contributed by atoms with Crippen molar-refractivity contribution in [2.24, 2.45) is 0 Å². The Balaban J connectivity index is 1.12. The molecule has 2 aromatic rings. The van der Waals surface area contributed by atoms with Crippen molar-refractivity contribution in [1.82, 2.24) is 40.0 Å². The summed E-state index contributed by atoms with van der Waals surface area (Å²) in [5.74, 6) is -2.02. The van der Waals surface area contributed by atoms with Gasteiger partial charge < -0.3 is 44.3 Å². The molecule has 18 nitrogen and oxygen atoms in total. The van der Waals surface area contributed by atoms with Gasteiger partial charge in [0.2, 0.25) is 17.7 Å². The third-order valence-electron chi connectivity index (χ3n) is 10.7. The van der Waals surface area contributed by atoms with Gasteiger partial charge in [-0.15, -0.1) is 0 Å². The van der Waals surface area contributed by atoms with Crippen LogP contribution in [-0.2, 0) is 33.4 Å². The van der Waals surface area contributed by atoms with E-state index in [0.717, 1.165) is 32.4 Å². The second-order valence-corrected chi connectivity index (χ2v) is 14.5. The highest BCUT2D eigenvalue weighted by Gasteiger charge is 2.36. The maximum atomic E-state index is 13.9. The first-order chi connectivity index (χ1) is 27.7. The molecule has 310 valence electrons. The smallest absolute Gasteiger partial charge is 0.409 e. The lowest BCUT2D eigenvalue weighted by Crippen LogP contribution is -2.56. The Morgan fingerprint density at radius 2 is 1.63 bits per heavy atom.